The Balaban J connectivity index is 1.92. The molecule has 0 atom stereocenters. The lowest BCUT2D eigenvalue weighted by Crippen LogP contribution is -2.21. The van der Waals surface area contributed by atoms with E-state index < -0.39 is 11.7 Å². The van der Waals surface area contributed by atoms with E-state index in [2.05, 4.69) is 10.3 Å². The van der Waals surface area contributed by atoms with Gasteiger partial charge in [0.25, 0.3) is 11.5 Å². The number of aromatic amines is 1. The van der Waals surface area contributed by atoms with Crippen LogP contribution in [0.3, 0.4) is 0 Å². The summed E-state index contributed by atoms with van der Waals surface area (Å²) >= 11 is 0. The normalized spacial score (nSPS) is 10.8. The third-order valence-electron chi connectivity index (χ3n) is 3.51. The molecule has 0 aliphatic carbocycles. The van der Waals surface area contributed by atoms with Crippen LogP contribution < -0.4 is 15.6 Å². The fourth-order valence-corrected chi connectivity index (χ4v) is 2.47. The van der Waals surface area contributed by atoms with E-state index in [9.17, 15) is 14.0 Å². The van der Waals surface area contributed by atoms with Crippen molar-refractivity contribution in [3.8, 4) is 5.75 Å². The van der Waals surface area contributed by atoms with Crippen molar-refractivity contribution < 1.29 is 13.9 Å². The number of anilines is 1. The maximum atomic E-state index is 14.1. The molecule has 0 saturated heterocycles. The van der Waals surface area contributed by atoms with Gasteiger partial charge in [0.2, 0.25) is 0 Å². The molecule has 2 aromatic heterocycles. The average molecular weight is 329 g/mol. The summed E-state index contributed by atoms with van der Waals surface area (Å²) in [6.45, 7) is 4.00. The van der Waals surface area contributed by atoms with E-state index in [1.807, 2.05) is 0 Å². The minimum Gasteiger partial charge on any atom is -0.494 e. The van der Waals surface area contributed by atoms with Crippen molar-refractivity contribution >= 4 is 17.2 Å². The summed E-state index contributed by atoms with van der Waals surface area (Å²) in [4.78, 5) is 27.4. The van der Waals surface area contributed by atoms with Crippen LogP contribution in [0.15, 0.2) is 41.3 Å². The molecular formula is C17H16FN3O3. The molecule has 0 fully saturated rings. The van der Waals surface area contributed by atoms with Gasteiger partial charge in [-0.1, -0.05) is 0 Å². The van der Waals surface area contributed by atoms with Gasteiger partial charge in [-0.2, -0.15) is 0 Å². The van der Waals surface area contributed by atoms with Crippen LogP contribution in [-0.4, -0.2) is 21.9 Å². The van der Waals surface area contributed by atoms with Crippen molar-refractivity contribution in [2.75, 3.05) is 11.9 Å². The number of aromatic nitrogens is 2. The van der Waals surface area contributed by atoms with Crippen LogP contribution in [0.1, 0.15) is 23.0 Å². The van der Waals surface area contributed by atoms with E-state index in [4.69, 9.17) is 4.74 Å². The summed E-state index contributed by atoms with van der Waals surface area (Å²) in [5.74, 6) is -0.820. The maximum absolute atomic E-state index is 14.1. The van der Waals surface area contributed by atoms with E-state index in [1.54, 1.807) is 26.0 Å². The van der Waals surface area contributed by atoms with E-state index in [1.165, 1.54) is 28.8 Å². The van der Waals surface area contributed by atoms with Crippen molar-refractivity contribution in [3.05, 3.63) is 64.0 Å². The van der Waals surface area contributed by atoms with Crippen LogP contribution in [0, 0.1) is 12.7 Å². The molecule has 0 saturated carbocycles. The molecule has 6 nitrogen and oxygen atoms in total. The second-order valence-corrected chi connectivity index (χ2v) is 5.29. The maximum Gasteiger partial charge on any atom is 0.274 e. The minimum atomic E-state index is -0.614. The fraction of sp³-hybridized carbons (Fsp3) is 0.176. The number of H-pyrrole nitrogens is 1. The Labute approximate surface area is 136 Å². The number of fused-ring (bicyclic) bond motifs is 1. The Morgan fingerprint density at radius 1 is 1.33 bits per heavy atom. The van der Waals surface area contributed by atoms with Gasteiger partial charge in [-0.25, -0.2) is 4.39 Å². The van der Waals surface area contributed by atoms with Gasteiger partial charge in [0, 0.05) is 18.3 Å². The lowest BCUT2D eigenvalue weighted by atomic mass is 10.2. The molecule has 0 spiro atoms. The molecule has 124 valence electrons. The molecule has 2 N–H and O–H groups in total. The van der Waals surface area contributed by atoms with Crippen molar-refractivity contribution in [2.45, 2.75) is 13.8 Å². The number of hydrogen-bond acceptors (Lipinski definition) is 3. The number of halogens is 1. The molecule has 1 aromatic carbocycles. The Hall–Kier alpha value is -3.09. The zero-order chi connectivity index (χ0) is 17.3. The van der Waals surface area contributed by atoms with Crippen LogP contribution in [0.5, 0.6) is 5.75 Å². The molecule has 0 aliphatic heterocycles. The summed E-state index contributed by atoms with van der Waals surface area (Å²) in [6.07, 6.45) is 1.41. The first-order chi connectivity index (χ1) is 11.5. The number of imidazole rings is 1. The van der Waals surface area contributed by atoms with Crippen LogP contribution in [0.25, 0.3) is 5.65 Å². The summed E-state index contributed by atoms with van der Waals surface area (Å²) in [5.41, 5.74) is 1.06. The van der Waals surface area contributed by atoms with Gasteiger partial charge >= 0.3 is 0 Å². The number of ether oxygens (including phenoxy) is 1. The quantitative estimate of drug-likeness (QED) is 0.773. The van der Waals surface area contributed by atoms with E-state index in [-0.39, 0.29) is 16.9 Å². The Bertz CT molecular complexity index is 975. The Kier molecular flexibility index (Phi) is 4.07. The largest absolute Gasteiger partial charge is 0.494 e. The van der Waals surface area contributed by atoms with Crippen LogP contribution in [0.4, 0.5) is 10.1 Å². The number of rotatable bonds is 4. The molecule has 1 amide bonds. The molecular weight excluding hydrogens is 313 g/mol. The number of benzene rings is 1. The highest BCUT2D eigenvalue weighted by Crippen LogP contribution is 2.21. The minimum absolute atomic E-state index is 0.0120. The highest BCUT2D eigenvalue weighted by atomic mass is 19.1. The van der Waals surface area contributed by atoms with E-state index in [0.29, 0.717) is 18.0 Å². The summed E-state index contributed by atoms with van der Waals surface area (Å²) in [7, 11) is 0. The zero-order valence-electron chi connectivity index (χ0n) is 13.2. The van der Waals surface area contributed by atoms with Crippen molar-refractivity contribution in [1.29, 1.82) is 0 Å². The first-order valence-electron chi connectivity index (χ1n) is 7.44. The topological polar surface area (TPSA) is 75.6 Å². The first kappa shape index (κ1) is 15.8. The number of nitrogens with zero attached hydrogens (tertiary/aromatic N) is 1. The molecule has 0 unspecified atom stereocenters. The van der Waals surface area contributed by atoms with Gasteiger partial charge in [0.15, 0.2) is 0 Å². The fourth-order valence-electron chi connectivity index (χ4n) is 2.47. The number of aryl methyl sites for hydroxylation is 1. The second-order valence-electron chi connectivity index (χ2n) is 5.29. The zero-order valence-corrected chi connectivity index (χ0v) is 13.2. The van der Waals surface area contributed by atoms with Gasteiger partial charge < -0.3 is 15.0 Å². The Morgan fingerprint density at radius 2 is 2.12 bits per heavy atom. The predicted molar refractivity (Wildman–Crippen MR) is 88.3 cm³/mol. The van der Waals surface area contributed by atoms with E-state index in [0.717, 1.165) is 5.56 Å². The molecule has 0 aliphatic rings. The third-order valence-corrected chi connectivity index (χ3v) is 3.51. The molecule has 0 radical (unpaired) electrons. The van der Waals surface area contributed by atoms with Gasteiger partial charge in [-0.3, -0.25) is 14.0 Å². The summed E-state index contributed by atoms with van der Waals surface area (Å²) in [6, 6.07) is 7.35. The summed E-state index contributed by atoms with van der Waals surface area (Å²) in [5, 5.41) is 2.47. The first-order valence-corrected chi connectivity index (χ1v) is 7.44. The number of pyridine rings is 1. The monoisotopic (exact) mass is 329 g/mol. The molecule has 0 bridgehead atoms. The predicted octanol–water partition coefficient (Wildman–Crippen LogP) is 2.73. The third kappa shape index (κ3) is 2.88. The highest BCUT2D eigenvalue weighted by molar-refractivity contribution is 6.03. The smallest absolute Gasteiger partial charge is 0.274 e. The molecule has 3 aromatic rings. The molecule has 2 heterocycles. The summed E-state index contributed by atoms with van der Waals surface area (Å²) < 4.78 is 20.5. The van der Waals surface area contributed by atoms with E-state index >= 15 is 0 Å². The molecule has 7 heteroatoms. The lowest BCUT2D eigenvalue weighted by molar-refractivity contribution is 0.102. The molecule has 3 rings (SSSR count). The van der Waals surface area contributed by atoms with Crippen LogP contribution >= 0.6 is 0 Å². The average Bonchev–Trinajstić information content (AvgIpc) is 2.94. The number of nitrogens with one attached hydrogen (secondary N) is 2. The van der Waals surface area contributed by atoms with Gasteiger partial charge in [0.1, 0.15) is 22.9 Å². The van der Waals surface area contributed by atoms with Gasteiger partial charge in [-0.05, 0) is 37.6 Å². The van der Waals surface area contributed by atoms with Crippen molar-refractivity contribution in [3.63, 3.8) is 0 Å². The number of hydrogen-bond donors (Lipinski definition) is 2. The number of carbonyl (C=O) groups is 1. The Morgan fingerprint density at radius 3 is 2.83 bits per heavy atom. The van der Waals surface area contributed by atoms with Crippen LogP contribution in [0.2, 0.25) is 0 Å². The van der Waals surface area contributed by atoms with Crippen molar-refractivity contribution in [2.24, 2.45) is 0 Å². The lowest BCUT2D eigenvalue weighted by Gasteiger charge is -2.08. The second kappa shape index (κ2) is 6.19. The van der Waals surface area contributed by atoms with Crippen LogP contribution in [-0.2, 0) is 0 Å². The molecule has 24 heavy (non-hydrogen) atoms. The number of carbonyl (C=O) groups excluding carboxylic acids is 1. The number of amides is 1. The van der Waals surface area contributed by atoms with Gasteiger partial charge in [-0.15, -0.1) is 0 Å². The standard InChI is InChI=1S/C17H16FN3O3/c1-3-24-11-4-5-13(12(18)8-11)20-17(23)14-9-19-15-6-10(2)7-16(22)21(14)15/h4-9,19H,3H2,1-2H3,(H,20,23). The SMILES string of the molecule is CCOc1ccc(NC(=O)c2c[nH]c3cc(C)cc(=O)n23)c(F)c1. The van der Waals surface area contributed by atoms with Crippen molar-refractivity contribution in [1.82, 2.24) is 9.38 Å². The highest BCUT2D eigenvalue weighted by Gasteiger charge is 2.15. The van der Waals surface area contributed by atoms with Gasteiger partial charge in [0.05, 0.1) is 12.3 Å².